The van der Waals surface area contributed by atoms with E-state index in [2.05, 4.69) is 40.2 Å². The van der Waals surface area contributed by atoms with Crippen LogP contribution in [0.4, 0.5) is 11.6 Å². The summed E-state index contributed by atoms with van der Waals surface area (Å²) in [4.78, 5) is 11.2. The van der Waals surface area contributed by atoms with Crippen molar-refractivity contribution in [3.05, 3.63) is 11.9 Å². The molecule has 1 aromatic rings. The molecule has 1 N–H and O–H groups in total. The van der Waals surface area contributed by atoms with Crippen molar-refractivity contribution in [3.63, 3.8) is 0 Å². The Kier molecular flexibility index (Phi) is 3.82. The van der Waals surface area contributed by atoms with Crippen LogP contribution in [0.2, 0.25) is 0 Å². The molecule has 1 aliphatic carbocycles. The summed E-state index contributed by atoms with van der Waals surface area (Å²) < 4.78 is 0. The van der Waals surface area contributed by atoms with E-state index in [1.165, 1.54) is 19.3 Å². The van der Waals surface area contributed by atoms with Crippen LogP contribution in [-0.4, -0.2) is 29.6 Å². The first-order chi connectivity index (χ1) is 8.20. The molecule has 0 saturated heterocycles. The van der Waals surface area contributed by atoms with Crippen LogP contribution in [0.15, 0.2) is 6.07 Å². The molecule has 17 heavy (non-hydrogen) atoms. The summed E-state index contributed by atoms with van der Waals surface area (Å²) in [5.74, 6) is 2.83. The molecule has 0 bridgehead atoms. The molecule has 1 aliphatic rings. The molecule has 1 saturated carbocycles. The Morgan fingerprint density at radius 2 is 2.18 bits per heavy atom. The molecule has 4 nitrogen and oxygen atoms in total. The fourth-order valence-corrected chi connectivity index (χ4v) is 2.04. The normalized spacial score (nSPS) is 15.5. The van der Waals surface area contributed by atoms with Gasteiger partial charge in [-0.15, -0.1) is 0 Å². The maximum atomic E-state index is 4.52. The van der Waals surface area contributed by atoms with Gasteiger partial charge >= 0.3 is 0 Å². The van der Waals surface area contributed by atoms with Crippen LogP contribution < -0.4 is 10.2 Å². The van der Waals surface area contributed by atoms with Gasteiger partial charge in [0.2, 0.25) is 0 Å². The van der Waals surface area contributed by atoms with E-state index in [-0.39, 0.29) is 0 Å². The topological polar surface area (TPSA) is 41.0 Å². The third-order valence-electron chi connectivity index (χ3n) is 3.36. The maximum absolute atomic E-state index is 4.52. The number of hydrogen-bond donors (Lipinski definition) is 1. The fraction of sp³-hybridized carbons (Fsp3) is 0.692. The number of aryl methyl sites for hydroxylation is 1. The third kappa shape index (κ3) is 2.87. The first-order valence-electron chi connectivity index (χ1n) is 6.53. The Hall–Kier alpha value is -1.32. The number of rotatable bonds is 5. The Labute approximate surface area is 103 Å². The molecule has 0 radical (unpaired) electrons. The van der Waals surface area contributed by atoms with Gasteiger partial charge in [0, 0.05) is 25.7 Å². The summed E-state index contributed by atoms with van der Waals surface area (Å²) in [7, 11) is 2.13. The number of anilines is 2. The molecule has 1 fully saturated rings. The molecular formula is C13H22N4. The third-order valence-corrected chi connectivity index (χ3v) is 3.36. The highest BCUT2D eigenvalue weighted by Gasteiger charge is 2.23. The maximum Gasteiger partial charge on any atom is 0.134 e. The van der Waals surface area contributed by atoms with E-state index >= 15 is 0 Å². The molecule has 94 valence electrons. The number of hydrogen-bond acceptors (Lipinski definition) is 4. The Morgan fingerprint density at radius 3 is 2.76 bits per heavy atom. The summed E-state index contributed by atoms with van der Waals surface area (Å²) in [5, 5.41) is 3.33. The SMILES string of the molecule is CCCNc1cc(N(C)C2CCC2)nc(C)n1. The summed E-state index contributed by atoms with van der Waals surface area (Å²) in [5.41, 5.74) is 0. The average Bonchev–Trinajstić information content (AvgIpc) is 2.23. The lowest BCUT2D eigenvalue weighted by Crippen LogP contribution is -2.37. The second-order valence-electron chi connectivity index (χ2n) is 4.78. The largest absolute Gasteiger partial charge is 0.370 e. The second kappa shape index (κ2) is 5.34. The quantitative estimate of drug-likeness (QED) is 0.850. The first-order valence-corrected chi connectivity index (χ1v) is 6.53. The van der Waals surface area contributed by atoms with E-state index in [0.717, 1.165) is 30.4 Å². The summed E-state index contributed by atoms with van der Waals surface area (Å²) in [6, 6.07) is 2.73. The monoisotopic (exact) mass is 234 g/mol. The van der Waals surface area contributed by atoms with Gasteiger partial charge in [-0.05, 0) is 32.6 Å². The number of aromatic nitrogens is 2. The minimum Gasteiger partial charge on any atom is -0.370 e. The van der Waals surface area contributed by atoms with Crippen molar-refractivity contribution in [2.45, 2.75) is 45.6 Å². The Bertz CT molecular complexity index is 374. The van der Waals surface area contributed by atoms with Gasteiger partial charge in [0.05, 0.1) is 0 Å². The van der Waals surface area contributed by atoms with E-state index in [0.29, 0.717) is 6.04 Å². The zero-order chi connectivity index (χ0) is 12.3. The minimum atomic E-state index is 0.670. The molecule has 1 aromatic heterocycles. The van der Waals surface area contributed by atoms with Gasteiger partial charge in [-0.3, -0.25) is 0 Å². The number of nitrogens with zero attached hydrogens (tertiary/aromatic N) is 3. The highest BCUT2D eigenvalue weighted by molar-refractivity contribution is 5.49. The van der Waals surface area contributed by atoms with Gasteiger partial charge in [0.25, 0.3) is 0 Å². The van der Waals surface area contributed by atoms with E-state index in [9.17, 15) is 0 Å². The summed E-state index contributed by atoms with van der Waals surface area (Å²) in [6.45, 7) is 5.07. The molecule has 0 aromatic carbocycles. The molecule has 4 heteroatoms. The van der Waals surface area contributed by atoms with Crippen molar-refractivity contribution in [1.82, 2.24) is 9.97 Å². The lowest BCUT2D eigenvalue weighted by atomic mass is 9.92. The van der Waals surface area contributed by atoms with Crippen LogP contribution in [0.25, 0.3) is 0 Å². The van der Waals surface area contributed by atoms with Gasteiger partial charge in [0.1, 0.15) is 17.5 Å². The average molecular weight is 234 g/mol. The molecule has 0 amide bonds. The predicted octanol–water partition coefficient (Wildman–Crippen LogP) is 2.60. The highest BCUT2D eigenvalue weighted by Crippen LogP contribution is 2.27. The Balaban J connectivity index is 2.12. The van der Waals surface area contributed by atoms with Crippen LogP contribution in [0.5, 0.6) is 0 Å². The van der Waals surface area contributed by atoms with Crippen LogP contribution in [0, 0.1) is 6.92 Å². The smallest absolute Gasteiger partial charge is 0.134 e. The fourth-order valence-electron chi connectivity index (χ4n) is 2.04. The number of nitrogens with one attached hydrogen (secondary N) is 1. The molecule has 2 rings (SSSR count). The van der Waals surface area contributed by atoms with Crippen LogP contribution in [0.1, 0.15) is 38.4 Å². The van der Waals surface area contributed by atoms with Crippen molar-refractivity contribution >= 4 is 11.6 Å². The second-order valence-corrected chi connectivity index (χ2v) is 4.78. The van der Waals surface area contributed by atoms with Gasteiger partial charge in [-0.2, -0.15) is 0 Å². The van der Waals surface area contributed by atoms with Crippen molar-refractivity contribution in [2.24, 2.45) is 0 Å². The van der Waals surface area contributed by atoms with Gasteiger partial charge in [-0.25, -0.2) is 9.97 Å². The van der Waals surface area contributed by atoms with E-state index in [1.807, 2.05) is 6.92 Å². The zero-order valence-corrected chi connectivity index (χ0v) is 11.0. The molecule has 0 unspecified atom stereocenters. The molecule has 0 aliphatic heterocycles. The van der Waals surface area contributed by atoms with Crippen LogP contribution >= 0.6 is 0 Å². The standard InChI is InChI=1S/C13H22N4/c1-4-8-14-12-9-13(16-10(2)15-12)17(3)11-6-5-7-11/h9,11H,4-8H2,1-3H3,(H,14,15,16). The minimum absolute atomic E-state index is 0.670. The van der Waals surface area contributed by atoms with E-state index in [4.69, 9.17) is 0 Å². The lowest BCUT2D eigenvalue weighted by Gasteiger charge is -2.35. The van der Waals surface area contributed by atoms with E-state index in [1.54, 1.807) is 0 Å². The van der Waals surface area contributed by atoms with Crippen molar-refractivity contribution in [3.8, 4) is 0 Å². The zero-order valence-electron chi connectivity index (χ0n) is 11.0. The van der Waals surface area contributed by atoms with Crippen LogP contribution in [-0.2, 0) is 0 Å². The van der Waals surface area contributed by atoms with E-state index < -0.39 is 0 Å². The molecule has 1 heterocycles. The lowest BCUT2D eigenvalue weighted by molar-refractivity contribution is 0.399. The van der Waals surface area contributed by atoms with Gasteiger partial charge in [-0.1, -0.05) is 6.92 Å². The molecule has 0 spiro atoms. The molecular weight excluding hydrogens is 212 g/mol. The Morgan fingerprint density at radius 1 is 1.41 bits per heavy atom. The van der Waals surface area contributed by atoms with Crippen LogP contribution in [0.3, 0.4) is 0 Å². The van der Waals surface area contributed by atoms with Crippen molar-refractivity contribution in [2.75, 3.05) is 23.8 Å². The summed E-state index contributed by atoms with van der Waals surface area (Å²) >= 11 is 0. The van der Waals surface area contributed by atoms with Crippen molar-refractivity contribution in [1.29, 1.82) is 0 Å². The molecule has 0 atom stereocenters. The predicted molar refractivity (Wildman–Crippen MR) is 71.6 cm³/mol. The van der Waals surface area contributed by atoms with Gasteiger partial charge in [0.15, 0.2) is 0 Å². The summed E-state index contributed by atoms with van der Waals surface area (Å²) in [6.07, 6.45) is 5.03. The van der Waals surface area contributed by atoms with Crippen molar-refractivity contribution < 1.29 is 0 Å². The highest BCUT2D eigenvalue weighted by atomic mass is 15.2. The van der Waals surface area contributed by atoms with Gasteiger partial charge < -0.3 is 10.2 Å². The first kappa shape index (κ1) is 12.1.